The highest BCUT2D eigenvalue weighted by Crippen LogP contribution is 2.26. The summed E-state index contributed by atoms with van der Waals surface area (Å²) in [5.41, 5.74) is 5.14. The van der Waals surface area contributed by atoms with E-state index >= 15 is 0 Å². The van der Waals surface area contributed by atoms with Crippen LogP contribution in [0.15, 0.2) is 18.2 Å². The fourth-order valence-electron chi connectivity index (χ4n) is 1.50. The van der Waals surface area contributed by atoms with E-state index in [-0.39, 0.29) is 11.6 Å². The van der Waals surface area contributed by atoms with Crippen LogP contribution >= 0.6 is 0 Å². The molecule has 0 amide bonds. The summed E-state index contributed by atoms with van der Waals surface area (Å²) in [4.78, 5) is 5.57. The molecule has 1 aromatic carbocycles. The molecule has 0 aliphatic rings. The first kappa shape index (κ1) is 14.0. The molecule has 1 rings (SSSR count). The highest BCUT2D eigenvalue weighted by Gasteiger charge is 2.16. The van der Waals surface area contributed by atoms with Crippen LogP contribution in [0.25, 0.3) is 0 Å². The smallest absolute Gasteiger partial charge is 0.123 e. The molecule has 1 atom stereocenters. The van der Waals surface area contributed by atoms with Crippen molar-refractivity contribution >= 4 is 0 Å². The van der Waals surface area contributed by atoms with Crippen LogP contribution in [0.2, 0.25) is 0 Å². The van der Waals surface area contributed by atoms with Gasteiger partial charge in [-0.05, 0) is 46.2 Å². The summed E-state index contributed by atoms with van der Waals surface area (Å²) in [6.45, 7) is 10.1. The second kappa shape index (κ2) is 5.52. The molecular formula is C14H23NO2. The van der Waals surface area contributed by atoms with Gasteiger partial charge in [-0.1, -0.05) is 12.1 Å². The number of hydrogen-bond acceptors (Lipinski definition) is 3. The van der Waals surface area contributed by atoms with Gasteiger partial charge in [-0.15, -0.1) is 0 Å². The first-order valence-corrected chi connectivity index (χ1v) is 5.91. The molecule has 1 N–H and O–H groups in total. The zero-order chi connectivity index (χ0) is 13.1. The maximum Gasteiger partial charge on any atom is 0.123 e. The van der Waals surface area contributed by atoms with E-state index < -0.39 is 0 Å². The van der Waals surface area contributed by atoms with E-state index in [0.717, 1.165) is 11.3 Å². The molecule has 0 aliphatic heterocycles. The third-order valence-electron chi connectivity index (χ3n) is 2.40. The van der Waals surface area contributed by atoms with Gasteiger partial charge >= 0.3 is 0 Å². The summed E-state index contributed by atoms with van der Waals surface area (Å²) in [6, 6.07) is 6.26. The standard InChI is InChI=1S/C14H23NO2/c1-10-7-8-12(13(9-10)16-6)11(2)15-17-14(3,4)5/h7-9,11,15H,1-6H3. The maximum absolute atomic E-state index is 5.57. The van der Waals surface area contributed by atoms with E-state index in [1.807, 2.05) is 26.8 Å². The second-order valence-corrected chi connectivity index (χ2v) is 5.30. The SMILES string of the molecule is COc1cc(C)ccc1C(C)NOC(C)(C)C. The first-order valence-electron chi connectivity index (χ1n) is 5.91. The molecule has 3 nitrogen and oxygen atoms in total. The van der Waals surface area contributed by atoms with E-state index in [2.05, 4.69) is 31.5 Å². The Kier molecular flexibility index (Phi) is 4.54. The second-order valence-electron chi connectivity index (χ2n) is 5.30. The van der Waals surface area contributed by atoms with Crippen LogP contribution in [0.4, 0.5) is 0 Å². The average Bonchev–Trinajstić information content (AvgIpc) is 2.24. The lowest BCUT2D eigenvalue weighted by molar-refractivity contribution is -0.0868. The Hall–Kier alpha value is -1.06. The summed E-state index contributed by atoms with van der Waals surface area (Å²) in [5, 5.41) is 0. The molecule has 1 unspecified atom stereocenters. The normalized spacial score (nSPS) is 13.5. The lowest BCUT2D eigenvalue weighted by Crippen LogP contribution is -2.31. The Morgan fingerprint density at radius 3 is 2.41 bits per heavy atom. The third-order valence-corrected chi connectivity index (χ3v) is 2.40. The van der Waals surface area contributed by atoms with Gasteiger partial charge in [0.1, 0.15) is 5.75 Å². The van der Waals surface area contributed by atoms with Crippen LogP contribution in [-0.2, 0) is 4.84 Å². The van der Waals surface area contributed by atoms with Gasteiger partial charge in [-0.25, -0.2) is 0 Å². The zero-order valence-corrected chi connectivity index (χ0v) is 11.6. The quantitative estimate of drug-likeness (QED) is 0.814. The van der Waals surface area contributed by atoms with E-state index in [4.69, 9.17) is 9.57 Å². The highest BCUT2D eigenvalue weighted by molar-refractivity contribution is 5.38. The van der Waals surface area contributed by atoms with Gasteiger partial charge in [-0.3, -0.25) is 4.84 Å². The molecule has 0 heterocycles. The van der Waals surface area contributed by atoms with Crippen LogP contribution in [0.5, 0.6) is 5.75 Å². The molecule has 1 aromatic rings. The number of hydrogen-bond donors (Lipinski definition) is 1. The highest BCUT2D eigenvalue weighted by atomic mass is 16.7. The summed E-state index contributed by atoms with van der Waals surface area (Å²) in [5.74, 6) is 0.891. The fourth-order valence-corrected chi connectivity index (χ4v) is 1.50. The number of methoxy groups -OCH3 is 1. The summed E-state index contributed by atoms with van der Waals surface area (Å²) in [7, 11) is 1.69. The van der Waals surface area contributed by atoms with E-state index in [1.165, 1.54) is 5.56 Å². The van der Waals surface area contributed by atoms with Crippen LogP contribution in [0.1, 0.15) is 44.9 Å². The van der Waals surface area contributed by atoms with Gasteiger partial charge in [0, 0.05) is 5.56 Å². The largest absolute Gasteiger partial charge is 0.496 e. The number of benzene rings is 1. The van der Waals surface area contributed by atoms with Crippen molar-refractivity contribution in [3.8, 4) is 5.75 Å². The van der Waals surface area contributed by atoms with Crippen LogP contribution in [0.3, 0.4) is 0 Å². The van der Waals surface area contributed by atoms with Crippen molar-refractivity contribution in [1.29, 1.82) is 0 Å². The Balaban J connectivity index is 2.78. The van der Waals surface area contributed by atoms with Crippen LogP contribution in [-0.4, -0.2) is 12.7 Å². The Bertz CT molecular complexity index is 369. The van der Waals surface area contributed by atoms with Crippen molar-refractivity contribution in [2.75, 3.05) is 7.11 Å². The van der Waals surface area contributed by atoms with Gasteiger partial charge in [0.2, 0.25) is 0 Å². The molecule has 3 heteroatoms. The number of nitrogens with one attached hydrogen (secondary N) is 1. The molecule has 0 saturated carbocycles. The van der Waals surface area contributed by atoms with Gasteiger partial charge in [0.25, 0.3) is 0 Å². The van der Waals surface area contributed by atoms with Gasteiger partial charge < -0.3 is 4.74 Å². The van der Waals surface area contributed by atoms with Crippen molar-refractivity contribution in [1.82, 2.24) is 5.48 Å². The molecule has 0 aliphatic carbocycles. The van der Waals surface area contributed by atoms with Crippen molar-refractivity contribution in [3.63, 3.8) is 0 Å². The third kappa shape index (κ3) is 4.36. The number of ether oxygens (including phenoxy) is 1. The Morgan fingerprint density at radius 2 is 1.88 bits per heavy atom. The number of hydroxylamine groups is 1. The fraction of sp³-hybridized carbons (Fsp3) is 0.571. The molecule has 0 radical (unpaired) electrons. The minimum Gasteiger partial charge on any atom is -0.496 e. The minimum absolute atomic E-state index is 0.0878. The molecule has 0 spiro atoms. The van der Waals surface area contributed by atoms with E-state index in [9.17, 15) is 0 Å². The molecule has 0 bridgehead atoms. The Labute approximate surface area is 104 Å². The van der Waals surface area contributed by atoms with E-state index in [1.54, 1.807) is 7.11 Å². The molecule has 0 saturated heterocycles. The zero-order valence-electron chi connectivity index (χ0n) is 11.6. The number of rotatable bonds is 4. The van der Waals surface area contributed by atoms with Crippen LogP contribution in [0, 0.1) is 6.92 Å². The van der Waals surface area contributed by atoms with Crippen LogP contribution < -0.4 is 10.2 Å². The summed E-state index contributed by atoms with van der Waals surface area (Å²) < 4.78 is 5.38. The minimum atomic E-state index is -0.202. The monoisotopic (exact) mass is 237 g/mol. The van der Waals surface area contributed by atoms with Gasteiger partial charge in [-0.2, -0.15) is 5.48 Å². The van der Waals surface area contributed by atoms with Crippen molar-refractivity contribution in [2.45, 2.75) is 46.3 Å². The molecule has 0 aromatic heterocycles. The molecule has 0 fully saturated rings. The van der Waals surface area contributed by atoms with Gasteiger partial charge in [0.05, 0.1) is 18.8 Å². The predicted octanol–water partition coefficient (Wildman–Crippen LogP) is 3.38. The number of aryl methyl sites for hydroxylation is 1. The summed E-state index contributed by atoms with van der Waals surface area (Å²) >= 11 is 0. The van der Waals surface area contributed by atoms with Crippen molar-refractivity contribution < 1.29 is 9.57 Å². The molecular weight excluding hydrogens is 214 g/mol. The summed E-state index contributed by atoms with van der Waals surface area (Å²) in [6.07, 6.45) is 0. The maximum atomic E-state index is 5.57. The predicted molar refractivity (Wildman–Crippen MR) is 70.1 cm³/mol. The lowest BCUT2D eigenvalue weighted by Gasteiger charge is -2.24. The Morgan fingerprint density at radius 1 is 1.24 bits per heavy atom. The van der Waals surface area contributed by atoms with Crippen molar-refractivity contribution in [2.24, 2.45) is 0 Å². The topological polar surface area (TPSA) is 30.5 Å². The van der Waals surface area contributed by atoms with Crippen molar-refractivity contribution in [3.05, 3.63) is 29.3 Å². The van der Waals surface area contributed by atoms with E-state index in [0.29, 0.717) is 0 Å². The first-order chi connectivity index (χ1) is 7.83. The lowest BCUT2D eigenvalue weighted by atomic mass is 10.1. The molecule has 17 heavy (non-hydrogen) atoms. The molecule has 96 valence electrons. The van der Waals surface area contributed by atoms with Gasteiger partial charge in [0.15, 0.2) is 0 Å². The average molecular weight is 237 g/mol.